The Kier molecular flexibility index (Phi) is 6.00. The van der Waals surface area contributed by atoms with Crippen LogP contribution in [0.1, 0.15) is 61.1 Å². The maximum atomic E-state index is 5.12. The van der Waals surface area contributed by atoms with Gasteiger partial charge in [0.2, 0.25) is 0 Å². The Bertz CT molecular complexity index is 1640. The Morgan fingerprint density at radius 1 is 0.462 bits per heavy atom. The average molecular weight is 686 g/mol. The average Bonchev–Trinajstić information content (AvgIpc) is 3.48. The maximum absolute atomic E-state index is 5.12. The van der Waals surface area contributed by atoms with Crippen molar-refractivity contribution in [1.82, 2.24) is 0 Å². The molecule has 7 rings (SSSR count). The smallest absolute Gasteiger partial charge is 0.256 e. The number of benzene rings is 4. The molecule has 0 atom stereocenters. The molecule has 0 aromatic heterocycles. The van der Waals surface area contributed by atoms with E-state index in [4.69, 9.17) is 20.0 Å². The number of nitrogens with zero attached hydrogens (tertiary/aromatic N) is 4. The second-order valence-corrected chi connectivity index (χ2v) is 11.0. The third-order valence-electron chi connectivity index (χ3n) is 7.82. The maximum Gasteiger partial charge on any atom is 2.00 e. The second-order valence-electron chi connectivity index (χ2n) is 11.0. The van der Waals surface area contributed by atoms with E-state index in [1.165, 1.54) is 0 Å². The summed E-state index contributed by atoms with van der Waals surface area (Å²) in [7, 11) is 0. The Labute approximate surface area is 243 Å². The molecule has 3 aliphatic rings. The fraction of sp³-hybridized carbons (Fsp3) is 0.176. The van der Waals surface area contributed by atoms with Crippen LogP contribution >= 0.6 is 0 Å². The van der Waals surface area contributed by atoms with Gasteiger partial charge in [-0.25, -0.2) is 9.98 Å². The monoisotopic (exact) mass is 685 g/mol. The van der Waals surface area contributed by atoms with Crippen molar-refractivity contribution in [2.45, 2.75) is 38.5 Å². The van der Waals surface area contributed by atoms with Crippen molar-refractivity contribution in [3.05, 3.63) is 130 Å². The van der Waals surface area contributed by atoms with Crippen molar-refractivity contribution < 1.29 is 21.1 Å². The van der Waals surface area contributed by atoms with Crippen LogP contribution in [0.25, 0.3) is 0 Å². The normalized spacial score (nSPS) is 17.5. The van der Waals surface area contributed by atoms with E-state index in [9.17, 15) is 0 Å². The number of amidine groups is 2. The summed E-state index contributed by atoms with van der Waals surface area (Å²) in [5, 5.41) is 0. The summed E-state index contributed by atoms with van der Waals surface area (Å²) < 4.78 is 0. The molecule has 0 fully saturated rings. The zero-order valence-electron chi connectivity index (χ0n) is 22.2. The molecule has 8 bridgehead atoms. The van der Waals surface area contributed by atoms with Gasteiger partial charge in [0.25, 0.3) is 0 Å². The fourth-order valence-electron chi connectivity index (χ4n) is 5.60. The third-order valence-corrected chi connectivity index (χ3v) is 7.82. The fourth-order valence-corrected chi connectivity index (χ4v) is 5.60. The summed E-state index contributed by atoms with van der Waals surface area (Å²) >= 11 is 0. The molecular weight excluding hydrogens is 659 g/mol. The first-order valence-corrected chi connectivity index (χ1v) is 12.9. The van der Waals surface area contributed by atoms with Crippen LogP contribution in [0.2, 0.25) is 0 Å². The Morgan fingerprint density at radius 3 is 1.26 bits per heavy atom. The van der Waals surface area contributed by atoms with Crippen LogP contribution in [-0.4, -0.2) is 23.1 Å². The summed E-state index contributed by atoms with van der Waals surface area (Å²) in [5.74, 6) is 1.42. The van der Waals surface area contributed by atoms with E-state index in [1.54, 1.807) is 0 Å². The predicted octanol–water partition coefficient (Wildman–Crippen LogP) is 7.32. The topological polar surface area (TPSA) is 49.4 Å². The molecule has 0 spiro atoms. The largest absolute Gasteiger partial charge is 2.00 e. The van der Waals surface area contributed by atoms with Gasteiger partial charge in [0.15, 0.2) is 11.7 Å². The zero-order valence-corrected chi connectivity index (χ0v) is 24.5. The minimum atomic E-state index is -0.420. The van der Waals surface area contributed by atoms with Gasteiger partial charge in [-0.15, -0.1) is 23.3 Å². The molecule has 0 aliphatic carbocycles. The molecule has 0 N–H and O–H groups in total. The van der Waals surface area contributed by atoms with Crippen LogP contribution in [0, 0.1) is 12.1 Å². The molecule has 0 saturated carbocycles. The molecule has 4 aromatic carbocycles. The molecule has 0 amide bonds. The van der Waals surface area contributed by atoms with Gasteiger partial charge in [-0.1, -0.05) is 76.2 Å². The zero-order chi connectivity index (χ0) is 26.1. The van der Waals surface area contributed by atoms with Gasteiger partial charge in [-0.3, -0.25) is 9.98 Å². The summed E-state index contributed by atoms with van der Waals surface area (Å²) in [4.78, 5) is 20.3. The van der Waals surface area contributed by atoms with Crippen LogP contribution in [0.15, 0.2) is 105 Å². The van der Waals surface area contributed by atoms with Crippen molar-refractivity contribution in [2.24, 2.45) is 20.0 Å². The van der Waals surface area contributed by atoms with Crippen LogP contribution in [0.4, 0.5) is 11.4 Å². The van der Waals surface area contributed by atoms with Crippen LogP contribution in [-0.2, 0) is 31.9 Å². The minimum absolute atomic E-state index is 0. The summed E-state index contributed by atoms with van der Waals surface area (Å²) in [6.07, 6.45) is 0. The van der Waals surface area contributed by atoms with Crippen molar-refractivity contribution in [1.29, 1.82) is 0 Å². The summed E-state index contributed by atoms with van der Waals surface area (Å²) in [6, 6.07) is 36.1. The van der Waals surface area contributed by atoms with Gasteiger partial charge in [0, 0.05) is 33.1 Å². The summed E-state index contributed by atoms with van der Waals surface area (Å²) in [5.41, 5.74) is 8.92. The van der Waals surface area contributed by atoms with Crippen molar-refractivity contribution >= 4 is 34.5 Å². The van der Waals surface area contributed by atoms with E-state index >= 15 is 0 Å². The van der Waals surface area contributed by atoms with Gasteiger partial charge in [-0.05, 0) is 11.4 Å². The molecule has 0 radical (unpaired) electrons. The predicted molar refractivity (Wildman–Crippen MR) is 155 cm³/mol. The van der Waals surface area contributed by atoms with E-state index in [-0.39, 0.29) is 21.1 Å². The molecule has 5 heteroatoms. The van der Waals surface area contributed by atoms with Crippen LogP contribution in [0.3, 0.4) is 0 Å². The number of rotatable bonds is 0. The van der Waals surface area contributed by atoms with E-state index in [2.05, 4.69) is 88.4 Å². The Balaban J connectivity index is 0.00000277. The SMILES string of the molecule is CC1(C)C2=NC(=Nc3[c-]c(ccc3)C(C)(C)C3=NC(=Nc4[c-]c1ccc4)c1ccccc13)c1ccccc12.[Pt+2]. The molecule has 3 aliphatic heterocycles. The first-order valence-electron chi connectivity index (χ1n) is 12.9. The molecule has 0 unspecified atom stereocenters. The molecule has 192 valence electrons. The van der Waals surface area contributed by atoms with Gasteiger partial charge in [0.05, 0.1) is 11.4 Å². The van der Waals surface area contributed by atoms with Gasteiger partial charge < -0.3 is 0 Å². The molecule has 0 saturated heterocycles. The van der Waals surface area contributed by atoms with E-state index < -0.39 is 10.8 Å². The number of fused-ring (bicyclic) bond motifs is 12. The summed E-state index contributed by atoms with van der Waals surface area (Å²) in [6.45, 7) is 8.75. The minimum Gasteiger partial charge on any atom is -0.256 e. The molecule has 3 heterocycles. The molecule has 4 nitrogen and oxygen atoms in total. The van der Waals surface area contributed by atoms with E-state index in [0.717, 1.165) is 56.2 Å². The van der Waals surface area contributed by atoms with Gasteiger partial charge in [-0.2, -0.15) is 36.4 Å². The first kappa shape index (κ1) is 25.5. The number of aliphatic imine (C=N–C) groups is 4. The Morgan fingerprint density at radius 2 is 0.846 bits per heavy atom. The quantitative estimate of drug-likeness (QED) is 0.175. The number of hydrogen-bond donors (Lipinski definition) is 0. The van der Waals surface area contributed by atoms with Crippen molar-refractivity contribution in [3.8, 4) is 0 Å². The number of hydrogen-bond acceptors (Lipinski definition) is 4. The van der Waals surface area contributed by atoms with E-state index in [1.807, 2.05) is 36.4 Å². The van der Waals surface area contributed by atoms with E-state index in [0.29, 0.717) is 11.7 Å². The standard InChI is InChI=1S/C34H26N4.Pt/c1-33(2)21-11-9-13-23(19-21)35-32-28-18-8-6-16-26(28)30(38-32)34(3,4)22-12-10-14-24(20-22)36-31-27-17-7-5-15-25(27)29(33)37-31;/h5-18H,1-4H3;/q-2;+2. The van der Waals surface area contributed by atoms with Crippen molar-refractivity contribution in [2.75, 3.05) is 0 Å². The molecule has 4 aromatic rings. The third kappa shape index (κ3) is 4.01. The van der Waals surface area contributed by atoms with Gasteiger partial charge in [0.1, 0.15) is 0 Å². The van der Waals surface area contributed by atoms with Crippen LogP contribution < -0.4 is 0 Å². The van der Waals surface area contributed by atoms with Crippen LogP contribution in [0.5, 0.6) is 0 Å². The molecular formula is C34H26N4Pt. The van der Waals surface area contributed by atoms with Crippen molar-refractivity contribution in [3.63, 3.8) is 0 Å². The molecule has 39 heavy (non-hydrogen) atoms. The Hall–Kier alpha value is -3.75. The second kappa shape index (κ2) is 9.17. The first-order chi connectivity index (χ1) is 18.3. The van der Waals surface area contributed by atoms with Gasteiger partial charge >= 0.3 is 21.1 Å².